The molecule has 0 atom stereocenters. The zero-order chi connectivity index (χ0) is 22.8. The maximum atomic E-state index is 13.8. The van der Waals surface area contributed by atoms with E-state index in [0.29, 0.717) is 0 Å². The van der Waals surface area contributed by atoms with Crippen molar-refractivity contribution in [2.24, 2.45) is 0 Å². The van der Waals surface area contributed by atoms with Crippen molar-refractivity contribution >= 4 is 7.60 Å². The fourth-order valence-corrected chi connectivity index (χ4v) is 5.69. The van der Waals surface area contributed by atoms with E-state index in [1.54, 1.807) is 0 Å². The lowest BCUT2D eigenvalue weighted by Crippen LogP contribution is -2.35. The Morgan fingerprint density at radius 1 is 0.516 bits per heavy atom. The minimum absolute atomic E-state index is 0.135. The molecule has 3 aromatic rings. The standard InChI is InChI=1S/C21H15F6O3P/c22-20(23,24)29-31(28,30-21(25,26)27)19(16-10-4-1-5-11-16,17-12-6-2-7-13-17)18-14-8-3-9-15-18/h1-15H. The van der Waals surface area contributed by atoms with Gasteiger partial charge in [0.2, 0.25) is 0 Å². The highest BCUT2D eigenvalue weighted by molar-refractivity contribution is 7.55. The van der Waals surface area contributed by atoms with Crippen molar-refractivity contribution in [2.75, 3.05) is 0 Å². The lowest BCUT2D eigenvalue weighted by Gasteiger charge is -2.40. The molecule has 0 N–H and O–H groups in total. The number of rotatable bonds is 6. The van der Waals surface area contributed by atoms with Crippen LogP contribution in [-0.4, -0.2) is 12.7 Å². The van der Waals surface area contributed by atoms with E-state index in [1.165, 1.54) is 91.0 Å². The minimum atomic E-state index is -6.12. The molecule has 0 aromatic heterocycles. The highest BCUT2D eigenvalue weighted by Crippen LogP contribution is 2.73. The van der Waals surface area contributed by atoms with Gasteiger partial charge in [0.15, 0.2) is 0 Å². The summed E-state index contributed by atoms with van der Waals surface area (Å²) in [5.74, 6) is 0. The maximum Gasteiger partial charge on any atom is 0.529 e. The fourth-order valence-electron chi connectivity index (χ4n) is 3.44. The summed E-state index contributed by atoms with van der Waals surface area (Å²) in [5.41, 5.74) is -0.405. The number of hydrogen-bond donors (Lipinski definition) is 0. The van der Waals surface area contributed by atoms with Crippen molar-refractivity contribution in [3.05, 3.63) is 108 Å². The van der Waals surface area contributed by atoms with Crippen molar-refractivity contribution in [1.29, 1.82) is 0 Å². The van der Waals surface area contributed by atoms with Crippen LogP contribution in [0.5, 0.6) is 0 Å². The van der Waals surface area contributed by atoms with Gasteiger partial charge in [0, 0.05) is 0 Å². The number of benzene rings is 3. The first-order valence-corrected chi connectivity index (χ1v) is 10.3. The number of alkyl halides is 6. The Bertz CT molecular complexity index is 921. The molecule has 0 aliphatic heterocycles. The maximum absolute atomic E-state index is 13.8. The molecule has 10 heteroatoms. The Labute approximate surface area is 173 Å². The summed E-state index contributed by atoms with van der Waals surface area (Å²) in [5, 5.41) is -2.58. The Balaban J connectivity index is 2.50. The van der Waals surface area contributed by atoms with Crippen LogP contribution in [0, 0.1) is 0 Å². The zero-order valence-electron chi connectivity index (χ0n) is 15.6. The second-order valence-electron chi connectivity index (χ2n) is 6.38. The Morgan fingerprint density at radius 3 is 1.00 bits per heavy atom. The van der Waals surface area contributed by atoms with Gasteiger partial charge < -0.3 is 0 Å². The molecule has 0 saturated carbocycles. The molecular formula is C21H15F6O3P. The largest absolute Gasteiger partial charge is 0.529 e. The molecule has 0 aliphatic carbocycles. The van der Waals surface area contributed by atoms with Crippen molar-refractivity contribution in [3.63, 3.8) is 0 Å². The Hall–Kier alpha value is -2.61. The molecule has 3 rings (SSSR count). The third-order valence-corrected chi connectivity index (χ3v) is 6.92. The van der Waals surface area contributed by atoms with E-state index >= 15 is 0 Å². The van der Waals surface area contributed by atoms with Crippen molar-refractivity contribution < 1.29 is 40.0 Å². The Kier molecular flexibility index (Phi) is 6.32. The average molecular weight is 460 g/mol. The van der Waals surface area contributed by atoms with Crippen molar-refractivity contribution in [1.82, 2.24) is 0 Å². The van der Waals surface area contributed by atoms with E-state index in [2.05, 4.69) is 9.05 Å². The van der Waals surface area contributed by atoms with Crippen LogP contribution in [0.15, 0.2) is 91.0 Å². The van der Waals surface area contributed by atoms with Crippen LogP contribution in [0.3, 0.4) is 0 Å². The molecule has 0 spiro atoms. The topological polar surface area (TPSA) is 35.5 Å². The summed E-state index contributed by atoms with van der Waals surface area (Å²) in [4.78, 5) is 0. The normalized spacial score (nSPS) is 13.2. The summed E-state index contributed by atoms with van der Waals surface area (Å²) in [6.07, 6.45) is -11.4. The van der Waals surface area contributed by atoms with Crippen LogP contribution in [-0.2, 0) is 18.8 Å². The van der Waals surface area contributed by atoms with E-state index in [4.69, 9.17) is 0 Å². The van der Waals surface area contributed by atoms with E-state index in [1.807, 2.05) is 0 Å². The van der Waals surface area contributed by atoms with Crippen LogP contribution in [0.25, 0.3) is 0 Å². The molecule has 0 fully saturated rings. The van der Waals surface area contributed by atoms with Crippen LogP contribution in [0.2, 0.25) is 0 Å². The van der Waals surface area contributed by atoms with Crippen LogP contribution in [0.4, 0.5) is 26.3 Å². The van der Waals surface area contributed by atoms with Crippen molar-refractivity contribution in [2.45, 2.75) is 17.9 Å². The van der Waals surface area contributed by atoms with Gasteiger partial charge in [0.05, 0.1) is 0 Å². The number of halogens is 6. The molecule has 0 heterocycles. The summed E-state index contributed by atoms with van der Waals surface area (Å²) < 4.78 is 101. The van der Waals surface area contributed by atoms with Crippen LogP contribution < -0.4 is 0 Å². The van der Waals surface area contributed by atoms with E-state index in [0.717, 1.165) is 0 Å². The molecule has 3 nitrogen and oxygen atoms in total. The SMILES string of the molecule is O=P(OC(F)(F)F)(OC(F)(F)F)C(c1ccccc1)(c1ccccc1)c1ccccc1. The molecule has 0 saturated heterocycles. The van der Waals surface area contributed by atoms with Gasteiger partial charge in [-0.3, -0.25) is 4.57 Å². The van der Waals surface area contributed by atoms with Crippen LogP contribution in [0.1, 0.15) is 16.7 Å². The second-order valence-corrected chi connectivity index (χ2v) is 8.41. The van der Waals surface area contributed by atoms with Gasteiger partial charge in [0.1, 0.15) is 5.16 Å². The molecular weight excluding hydrogens is 445 g/mol. The highest BCUT2D eigenvalue weighted by Gasteiger charge is 2.63. The van der Waals surface area contributed by atoms with Crippen LogP contribution >= 0.6 is 7.60 Å². The lowest BCUT2D eigenvalue weighted by atomic mass is 9.84. The third-order valence-electron chi connectivity index (χ3n) is 4.43. The van der Waals surface area contributed by atoms with E-state index in [-0.39, 0.29) is 16.7 Å². The highest BCUT2D eigenvalue weighted by atomic mass is 31.2. The first-order valence-electron chi connectivity index (χ1n) is 8.80. The molecule has 31 heavy (non-hydrogen) atoms. The fraction of sp³-hybridized carbons (Fsp3) is 0.143. The van der Waals surface area contributed by atoms with Gasteiger partial charge in [-0.15, -0.1) is 26.3 Å². The number of hydrogen-bond acceptors (Lipinski definition) is 3. The lowest BCUT2D eigenvalue weighted by molar-refractivity contribution is -0.308. The molecule has 0 bridgehead atoms. The van der Waals surface area contributed by atoms with Gasteiger partial charge in [-0.1, -0.05) is 91.0 Å². The van der Waals surface area contributed by atoms with E-state index < -0.39 is 25.5 Å². The quantitative estimate of drug-likeness (QED) is 0.221. The summed E-state index contributed by atoms with van der Waals surface area (Å²) in [6.45, 7) is 0. The Morgan fingerprint density at radius 2 is 0.774 bits per heavy atom. The predicted molar refractivity (Wildman–Crippen MR) is 101 cm³/mol. The smallest absolute Gasteiger partial charge is 0.258 e. The summed E-state index contributed by atoms with van der Waals surface area (Å²) >= 11 is 0. The van der Waals surface area contributed by atoms with Gasteiger partial charge in [-0.05, 0) is 16.7 Å². The first kappa shape index (κ1) is 23.1. The third kappa shape index (κ3) is 4.84. The van der Waals surface area contributed by atoms with Gasteiger partial charge in [-0.25, -0.2) is 9.05 Å². The molecule has 3 aromatic carbocycles. The van der Waals surface area contributed by atoms with Crippen molar-refractivity contribution in [3.8, 4) is 0 Å². The minimum Gasteiger partial charge on any atom is -0.258 e. The zero-order valence-corrected chi connectivity index (χ0v) is 16.5. The van der Waals surface area contributed by atoms with Gasteiger partial charge >= 0.3 is 20.3 Å². The molecule has 164 valence electrons. The summed E-state index contributed by atoms with van der Waals surface area (Å²) in [7, 11) is -6.12. The predicted octanol–water partition coefficient (Wildman–Crippen LogP) is 7.24. The molecule has 0 radical (unpaired) electrons. The molecule has 0 unspecified atom stereocenters. The monoisotopic (exact) mass is 460 g/mol. The second kappa shape index (κ2) is 8.49. The average Bonchev–Trinajstić information content (AvgIpc) is 2.68. The summed E-state index contributed by atoms with van der Waals surface area (Å²) in [6, 6.07) is 20.6. The van der Waals surface area contributed by atoms with Gasteiger partial charge in [-0.2, -0.15) is 0 Å². The first-order chi connectivity index (χ1) is 14.5. The molecule has 0 aliphatic rings. The molecule has 0 amide bonds. The van der Waals surface area contributed by atoms with Gasteiger partial charge in [0.25, 0.3) is 0 Å². The van der Waals surface area contributed by atoms with E-state index in [9.17, 15) is 30.9 Å².